The first kappa shape index (κ1) is 23.2. The molecule has 0 aliphatic carbocycles. The van der Waals surface area contributed by atoms with Crippen molar-refractivity contribution in [2.75, 3.05) is 19.5 Å². The largest absolute Gasteiger partial charge is 0.493 e. The van der Waals surface area contributed by atoms with Gasteiger partial charge in [-0.25, -0.2) is 9.18 Å². The number of ether oxygens (including phenoxy) is 4. The van der Waals surface area contributed by atoms with Crippen molar-refractivity contribution in [2.24, 2.45) is 0 Å². The highest BCUT2D eigenvalue weighted by Crippen LogP contribution is 2.37. The Morgan fingerprint density at radius 2 is 1.66 bits per heavy atom. The Morgan fingerprint density at radius 3 is 2.31 bits per heavy atom. The number of anilines is 1. The number of benzene rings is 3. The van der Waals surface area contributed by atoms with E-state index >= 15 is 0 Å². The molecule has 4 rings (SSSR count). The van der Waals surface area contributed by atoms with E-state index in [1.54, 1.807) is 18.2 Å². The van der Waals surface area contributed by atoms with E-state index < -0.39 is 16.8 Å². The Balaban J connectivity index is 1.49. The first-order chi connectivity index (χ1) is 16.9. The number of amides is 1. The predicted molar refractivity (Wildman–Crippen MR) is 124 cm³/mol. The summed E-state index contributed by atoms with van der Waals surface area (Å²) in [4.78, 5) is 26.5. The van der Waals surface area contributed by atoms with Crippen molar-refractivity contribution in [1.29, 1.82) is 0 Å². The number of nitro groups is 1. The Morgan fingerprint density at radius 1 is 0.943 bits per heavy atom. The molecule has 1 aromatic heterocycles. The van der Waals surface area contributed by atoms with E-state index in [-0.39, 0.29) is 22.9 Å². The molecule has 4 aromatic rings. The monoisotopic (exact) mass is 479 g/mol. The van der Waals surface area contributed by atoms with Crippen molar-refractivity contribution < 1.29 is 33.1 Å². The summed E-state index contributed by atoms with van der Waals surface area (Å²) in [6.07, 6.45) is 0.624. The maximum atomic E-state index is 14.8. The smallest absolute Gasteiger partial charge is 0.417 e. The number of nitrogens with zero attached hydrogens (tertiary/aromatic N) is 2. The van der Waals surface area contributed by atoms with Gasteiger partial charge >= 0.3 is 6.09 Å². The number of non-ortho nitro benzene ring substituents is 1. The number of hydrogen-bond donors (Lipinski definition) is 1. The average molecular weight is 479 g/mol. The molecule has 35 heavy (non-hydrogen) atoms. The topological polar surface area (TPSA) is 122 Å². The molecule has 11 heteroatoms. The number of rotatable bonds is 7. The molecule has 1 heterocycles. The average Bonchev–Trinajstić information content (AvgIpc) is 2.85. The Bertz CT molecular complexity index is 1410. The quantitative estimate of drug-likeness (QED) is 0.264. The number of pyridine rings is 1. The van der Waals surface area contributed by atoms with Crippen LogP contribution in [0.5, 0.6) is 28.7 Å². The van der Waals surface area contributed by atoms with Crippen molar-refractivity contribution in [3.05, 3.63) is 82.8 Å². The van der Waals surface area contributed by atoms with Crippen molar-refractivity contribution in [3.8, 4) is 28.7 Å². The SMILES string of the molecule is COc1cc2nccc(Oc3ccc(NC(=O)Oc4ccc([N+](=O)[O-])cc4)cc3F)c2cc1OC. The third-order valence-electron chi connectivity index (χ3n) is 4.86. The minimum atomic E-state index is -0.895. The van der Waals surface area contributed by atoms with Gasteiger partial charge in [0.1, 0.15) is 11.5 Å². The molecule has 0 aliphatic heterocycles. The molecule has 1 amide bonds. The van der Waals surface area contributed by atoms with Crippen molar-refractivity contribution >= 4 is 28.4 Å². The summed E-state index contributed by atoms with van der Waals surface area (Å²) in [7, 11) is 3.01. The third-order valence-corrected chi connectivity index (χ3v) is 4.86. The van der Waals surface area contributed by atoms with Crippen molar-refractivity contribution in [2.45, 2.75) is 0 Å². The predicted octanol–water partition coefficient (Wildman–Crippen LogP) is 5.70. The highest BCUT2D eigenvalue weighted by molar-refractivity contribution is 5.88. The minimum absolute atomic E-state index is 0.0819. The number of nitrogens with one attached hydrogen (secondary N) is 1. The number of halogens is 1. The number of methoxy groups -OCH3 is 2. The van der Waals surface area contributed by atoms with Crippen LogP contribution in [0.4, 0.5) is 20.6 Å². The summed E-state index contributed by atoms with van der Waals surface area (Å²) >= 11 is 0. The first-order valence-corrected chi connectivity index (χ1v) is 10.1. The van der Waals surface area contributed by atoms with Crippen LogP contribution in [0.1, 0.15) is 0 Å². The number of carbonyl (C=O) groups excluding carboxylic acids is 1. The molecule has 1 N–H and O–H groups in total. The van der Waals surface area contributed by atoms with Crippen LogP contribution < -0.4 is 24.3 Å². The van der Waals surface area contributed by atoms with Gasteiger partial charge in [0.25, 0.3) is 5.69 Å². The van der Waals surface area contributed by atoms with Gasteiger partial charge in [-0.3, -0.25) is 20.4 Å². The van der Waals surface area contributed by atoms with E-state index in [2.05, 4.69) is 10.3 Å². The summed E-state index contributed by atoms with van der Waals surface area (Å²) in [6, 6.07) is 13.7. The van der Waals surface area contributed by atoms with Gasteiger partial charge in [-0.15, -0.1) is 0 Å². The lowest BCUT2D eigenvalue weighted by molar-refractivity contribution is -0.384. The van der Waals surface area contributed by atoms with E-state index in [0.29, 0.717) is 28.2 Å². The molecule has 0 saturated heterocycles. The number of aromatic nitrogens is 1. The lowest BCUT2D eigenvalue weighted by Crippen LogP contribution is -2.16. The van der Waals surface area contributed by atoms with Crippen LogP contribution in [0.25, 0.3) is 10.9 Å². The summed E-state index contributed by atoms with van der Waals surface area (Å²) in [5, 5.41) is 13.7. The van der Waals surface area contributed by atoms with E-state index in [1.165, 1.54) is 56.8 Å². The van der Waals surface area contributed by atoms with E-state index in [9.17, 15) is 19.3 Å². The second-order valence-corrected chi connectivity index (χ2v) is 7.05. The van der Waals surface area contributed by atoms with E-state index in [1.807, 2.05) is 0 Å². The maximum Gasteiger partial charge on any atom is 0.417 e. The Labute approximate surface area is 198 Å². The second-order valence-electron chi connectivity index (χ2n) is 7.05. The number of nitro benzene ring substituents is 1. The molecule has 0 bridgehead atoms. The van der Waals surface area contributed by atoms with Gasteiger partial charge in [-0.2, -0.15) is 0 Å². The maximum absolute atomic E-state index is 14.8. The van der Waals surface area contributed by atoms with Gasteiger partial charge in [0.15, 0.2) is 23.1 Å². The van der Waals surface area contributed by atoms with Crippen molar-refractivity contribution in [3.63, 3.8) is 0 Å². The van der Waals surface area contributed by atoms with Gasteiger partial charge in [0, 0.05) is 41.5 Å². The fourth-order valence-electron chi connectivity index (χ4n) is 3.20. The van der Waals surface area contributed by atoms with Crippen molar-refractivity contribution in [1.82, 2.24) is 4.98 Å². The van der Waals surface area contributed by atoms with Crippen LogP contribution in [0, 0.1) is 15.9 Å². The van der Waals surface area contributed by atoms with Crippen LogP contribution in [0.2, 0.25) is 0 Å². The molecule has 0 saturated carbocycles. The zero-order valence-corrected chi connectivity index (χ0v) is 18.5. The van der Waals surface area contributed by atoms with E-state index in [0.717, 1.165) is 6.07 Å². The molecule has 0 aliphatic rings. The molecule has 3 aromatic carbocycles. The van der Waals surface area contributed by atoms with Crippen LogP contribution >= 0.6 is 0 Å². The van der Waals surface area contributed by atoms with Gasteiger partial charge in [0.05, 0.1) is 24.7 Å². The fraction of sp³-hybridized carbons (Fsp3) is 0.0833. The summed E-state index contributed by atoms with van der Waals surface area (Å²) < 4.78 is 36.2. The molecule has 10 nitrogen and oxygen atoms in total. The molecular formula is C24H18FN3O7. The Kier molecular flexibility index (Phi) is 6.58. The van der Waals surface area contributed by atoms with Gasteiger partial charge < -0.3 is 18.9 Å². The van der Waals surface area contributed by atoms with Crippen LogP contribution in [-0.4, -0.2) is 30.2 Å². The van der Waals surface area contributed by atoms with Gasteiger partial charge in [-0.05, 0) is 36.4 Å². The summed E-state index contributed by atoms with van der Waals surface area (Å²) in [6.45, 7) is 0. The molecular weight excluding hydrogens is 461 g/mol. The summed E-state index contributed by atoms with van der Waals surface area (Å²) in [5.41, 5.74) is 0.538. The standard InChI is InChI=1S/C24H18FN3O7/c1-32-22-12-17-19(13-23(22)33-2)26-10-9-20(17)35-21-8-3-14(11-18(21)25)27-24(29)34-16-6-4-15(5-7-16)28(30)31/h3-13H,1-2H3,(H,27,29). The third kappa shape index (κ3) is 5.19. The molecule has 0 atom stereocenters. The molecule has 0 unspecified atom stereocenters. The lowest BCUT2D eigenvalue weighted by Gasteiger charge is -2.13. The highest BCUT2D eigenvalue weighted by Gasteiger charge is 2.14. The first-order valence-electron chi connectivity index (χ1n) is 10.1. The zero-order chi connectivity index (χ0) is 24.9. The number of carbonyl (C=O) groups is 1. The fourth-order valence-corrected chi connectivity index (χ4v) is 3.20. The summed E-state index contributed by atoms with van der Waals surface area (Å²) in [5.74, 6) is 0.569. The highest BCUT2D eigenvalue weighted by atomic mass is 19.1. The van der Waals surface area contributed by atoms with Crippen LogP contribution in [0.15, 0.2) is 66.9 Å². The van der Waals surface area contributed by atoms with Crippen LogP contribution in [0.3, 0.4) is 0 Å². The van der Waals surface area contributed by atoms with Gasteiger partial charge in [0.2, 0.25) is 0 Å². The molecule has 0 spiro atoms. The number of hydrogen-bond acceptors (Lipinski definition) is 8. The Hall–Kier alpha value is -4.93. The molecule has 0 radical (unpaired) electrons. The number of fused-ring (bicyclic) bond motifs is 1. The zero-order valence-electron chi connectivity index (χ0n) is 18.5. The second kappa shape index (κ2) is 9.91. The molecule has 0 fully saturated rings. The normalized spacial score (nSPS) is 10.5. The molecule has 178 valence electrons. The minimum Gasteiger partial charge on any atom is -0.493 e. The van der Waals surface area contributed by atoms with E-state index in [4.69, 9.17) is 18.9 Å². The van der Waals surface area contributed by atoms with Crippen LogP contribution in [-0.2, 0) is 0 Å². The van der Waals surface area contributed by atoms with Gasteiger partial charge in [-0.1, -0.05) is 0 Å². The lowest BCUT2D eigenvalue weighted by atomic mass is 10.2.